The number of benzene rings is 3. The molecule has 0 saturated heterocycles. The fourth-order valence-corrected chi connectivity index (χ4v) is 5.38. The summed E-state index contributed by atoms with van der Waals surface area (Å²) in [6.07, 6.45) is 8.87. The summed E-state index contributed by atoms with van der Waals surface area (Å²) >= 11 is 6.32. The molecule has 0 spiro atoms. The largest absolute Gasteiger partial charge is 0.465 e. The van der Waals surface area contributed by atoms with Crippen molar-refractivity contribution < 1.29 is 14.3 Å². The molecule has 4 heteroatoms. The molecule has 1 fully saturated rings. The molecule has 35 heavy (non-hydrogen) atoms. The van der Waals surface area contributed by atoms with Crippen LogP contribution >= 0.6 is 11.6 Å². The minimum atomic E-state index is -0.333. The molecule has 0 N–H and O–H groups in total. The van der Waals surface area contributed by atoms with E-state index >= 15 is 0 Å². The Morgan fingerprint density at radius 1 is 0.971 bits per heavy atom. The second-order valence-corrected chi connectivity index (χ2v) is 10.1. The van der Waals surface area contributed by atoms with Gasteiger partial charge in [0.25, 0.3) is 0 Å². The van der Waals surface area contributed by atoms with Crippen LogP contribution < -0.4 is 0 Å². The van der Waals surface area contributed by atoms with E-state index < -0.39 is 0 Å². The lowest BCUT2D eigenvalue weighted by molar-refractivity contribution is 0.0284. The molecule has 1 aliphatic rings. The lowest BCUT2D eigenvalue weighted by Crippen LogP contribution is -2.11. The first-order valence-electron chi connectivity index (χ1n) is 12.7. The summed E-state index contributed by atoms with van der Waals surface area (Å²) in [6, 6.07) is 22.0. The molecular formula is C31H35ClO3. The number of hydrogen-bond donors (Lipinski definition) is 0. The Morgan fingerprint density at radius 3 is 2.51 bits per heavy atom. The molecule has 4 rings (SSSR count). The smallest absolute Gasteiger partial charge is 0.338 e. The first kappa shape index (κ1) is 25.5. The van der Waals surface area contributed by atoms with Gasteiger partial charge in [-0.1, -0.05) is 86.2 Å². The number of carbonyl (C=O) groups excluding carboxylic acids is 1. The first-order chi connectivity index (χ1) is 17.0. The molecule has 1 atom stereocenters. The zero-order valence-corrected chi connectivity index (χ0v) is 21.5. The van der Waals surface area contributed by atoms with E-state index in [1.54, 1.807) is 0 Å². The molecule has 3 nitrogen and oxygen atoms in total. The van der Waals surface area contributed by atoms with Crippen LogP contribution in [0.25, 0.3) is 11.1 Å². The van der Waals surface area contributed by atoms with Crippen LogP contribution in [0.2, 0.25) is 5.02 Å². The van der Waals surface area contributed by atoms with Gasteiger partial charge in [0.1, 0.15) is 0 Å². The molecule has 0 radical (unpaired) electrons. The van der Waals surface area contributed by atoms with Crippen molar-refractivity contribution in [2.24, 2.45) is 5.92 Å². The van der Waals surface area contributed by atoms with Gasteiger partial charge in [-0.05, 0) is 77.8 Å². The van der Waals surface area contributed by atoms with Crippen molar-refractivity contribution in [1.29, 1.82) is 0 Å². The highest BCUT2D eigenvalue weighted by Gasteiger charge is 2.20. The SMILES string of the molecule is COC(=O)c1ccc(COC(CCC2CCCCC2)c2cccc(Cl)c2)cc1-c1ccccc1C. The van der Waals surface area contributed by atoms with E-state index in [9.17, 15) is 4.79 Å². The average molecular weight is 491 g/mol. The Labute approximate surface area is 214 Å². The van der Waals surface area contributed by atoms with E-state index in [1.165, 1.54) is 45.6 Å². The molecule has 0 heterocycles. The second kappa shape index (κ2) is 12.4. The lowest BCUT2D eigenvalue weighted by Gasteiger charge is -2.25. The fourth-order valence-electron chi connectivity index (χ4n) is 5.18. The van der Waals surface area contributed by atoms with Crippen molar-refractivity contribution in [3.63, 3.8) is 0 Å². The monoisotopic (exact) mass is 490 g/mol. The minimum Gasteiger partial charge on any atom is -0.465 e. The van der Waals surface area contributed by atoms with Crippen molar-refractivity contribution in [3.8, 4) is 11.1 Å². The topological polar surface area (TPSA) is 35.5 Å². The third-order valence-electron chi connectivity index (χ3n) is 7.16. The van der Waals surface area contributed by atoms with Crippen LogP contribution in [0.15, 0.2) is 66.7 Å². The first-order valence-corrected chi connectivity index (χ1v) is 13.1. The maximum atomic E-state index is 12.5. The number of methoxy groups -OCH3 is 1. The summed E-state index contributed by atoms with van der Waals surface area (Å²) in [7, 11) is 1.42. The van der Waals surface area contributed by atoms with Gasteiger partial charge >= 0.3 is 5.97 Å². The van der Waals surface area contributed by atoms with E-state index in [2.05, 4.69) is 25.1 Å². The van der Waals surface area contributed by atoms with Gasteiger partial charge in [0, 0.05) is 5.02 Å². The molecule has 0 bridgehead atoms. The van der Waals surface area contributed by atoms with Crippen molar-refractivity contribution in [1.82, 2.24) is 0 Å². The van der Waals surface area contributed by atoms with Gasteiger partial charge in [0.05, 0.1) is 25.4 Å². The molecule has 1 saturated carbocycles. The van der Waals surface area contributed by atoms with Crippen LogP contribution in [0.4, 0.5) is 0 Å². The van der Waals surface area contributed by atoms with Gasteiger partial charge in [0.15, 0.2) is 0 Å². The molecule has 1 unspecified atom stereocenters. The summed E-state index contributed by atoms with van der Waals surface area (Å²) in [4.78, 5) is 12.5. The Morgan fingerprint density at radius 2 is 1.77 bits per heavy atom. The minimum absolute atomic E-state index is 0.0159. The molecule has 0 aromatic heterocycles. The maximum Gasteiger partial charge on any atom is 0.338 e. The number of rotatable bonds is 9. The van der Waals surface area contributed by atoms with Gasteiger partial charge < -0.3 is 9.47 Å². The zero-order valence-electron chi connectivity index (χ0n) is 20.8. The molecule has 3 aromatic carbocycles. The summed E-state index contributed by atoms with van der Waals surface area (Å²) in [5.41, 5.74) is 5.73. The van der Waals surface area contributed by atoms with Crippen LogP contribution in [-0.4, -0.2) is 13.1 Å². The predicted octanol–water partition coefficient (Wildman–Crippen LogP) is 8.72. The van der Waals surface area contributed by atoms with E-state index in [4.69, 9.17) is 21.1 Å². The Hall–Kier alpha value is -2.62. The van der Waals surface area contributed by atoms with E-state index in [-0.39, 0.29) is 12.1 Å². The Kier molecular flexibility index (Phi) is 9.01. The van der Waals surface area contributed by atoms with Gasteiger partial charge in [-0.25, -0.2) is 4.79 Å². The standard InChI is InChI=1S/C31H35ClO3/c1-22-9-6-7-14-27(22)29-19-24(15-17-28(29)31(33)34-2)21-35-30(25-12-8-13-26(32)20-25)18-16-23-10-4-3-5-11-23/h6-9,12-15,17,19-20,23,30H,3-5,10-11,16,18,21H2,1-2H3. The fraction of sp³-hybridized carbons (Fsp3) is 0.387. The molecule has 3 aromatic rings. The van der Waals surface area contributed by atoms with Crippen LogP contribution in [0, 0.1) is 12.8 Å². The van der Waals surface area contributed by atoms with Crippen LogP contribution in [-0.2, 0) is 16.1 Å². The van der Waals surface area contributed by atoms with Gasteiger partial charge in [-0.3, -0.25) is 0 Å². The molecule has 0 amide bonds. The second-order valence-electron chi connectivity index (χ2n) is 9.62. The summed E-state index contributed by atoms with van der Waals surface area (Å²) in [5, 5.41) is 0.734. The Balaban J connectivity index is 1.56. The number of aryl methyl sites for hydroxylation is 1. The van der Waals surface area contributed by atoms with Gasteiger partial charge in [-0.15, -0.1) is 0 Å². The molecule has 184 valence electrons. The number of ether oxygens (including phenoxy) is 2. The molecule has 1 aliphatic carbocycles. The van der Waals surface area contributed by atoms with Crippen molar-refractivity contribution in [2.75, 3.05) is 7.11 Å². The average Bonchev–Trinajstić information content (AvgIpc) is 2.89. The van der Waals surface area contributed by atoms with Gasteiger partial charge in [0.2, 0.25) is 0 Å². The van der Waals surface area contributed by atoms with Crippen LogP contribution in [0.3, 0.4) is 0 Å². The highest BCUT2D eigenvalue weighted by atomic mass is 35.5. The van der Waals surface area contributed by atoms with E-state index in [1.807, 2.05) is 48.5 Å². The zero-order chi connectivity index (χ0) is 24.6. The molecular weight excluding hydrogens is 456 g/mol. The number of halogens is 1. The Bertz CT molecular complexity index is 1130. The van der Waals surface area contributed by atoms with Crippen LogP contribution in [0.5, 0.6) is 0 Å². The third kappa shape index (κ3) is 6.74. The van der Waals surface area contributed by atoms with Crippen molar-refractivity contribution in [3.05, 3.63) is 94.0 Å². The quantitative estimate of drug-likeness (QED) is 0.281. The van der Waals surface area contributed by atoms with E-state index in [0.29, 0.717) is 12.2 Å². The van der Waals surface area contributed by atoms with Gasteiger partial charge in [-0.2, -0.15) is 0 Å². The highest BCUT2D eigenvalue weighted by Crippen LogP contribution is 2.34. The molecule has 0 aliphatic heterocycles. The van der Waals surface area contributed by atoms with Crippen LogP contribution in [0.1, 0.15) is 78.1 Å². The number of hydrogen-bond acceptors (Lipinski definition) is 3. The highest BCUT2D eigenvalue weighted by molar-refractivity contribution is 6.30. The van der Waals surface area contributed by atoms with Crippen molar-refractivity contribution >= 4 is 17.6 Å². The maximum absolute atomic E-state index is 12.5. The third-order valence-corrected chi connectivity index (χ3v) is 7.39. The summed E-state index contributed by atoms with van der Waals surface area (Å²) < 4.78 is 11.6. The lowest BCUT2D eigenvalue weighted by atomic mass is 9.85. The number of esters is 1. The normalized spacial score (nSPS) is 15.1. The van der Waals surface area contributed by atoms with Crippen molar-refractivity contribution in [2.45, 2.75) is 64.6 Å². The number of carbonyl (C=O) groups is 1. The predicted molar refractivity (Wildman–Crippen MR) is 143 cm³/mol. The van der Waals surface area contributed by atoms with E-state index in [0.717, 1.165) is 45.2 Å². The summed E-state index contributed by atoms with van der Waals surface area (Å²) in [6.45, 7) is 2.52. The summed E-state index contributed by atoms with van der Waals surface area (Å²) in [5.74, 6) is 0.459.